The second-order valence-corrected chi connectivity index (χ2v) is 8.43. The molecule has 5 rings (SSSR count). The van der Waals surface area contributed by atoms with Crippen LogP contribution in [0.4, 0.5) is 5.82 Å². The molecule has 1 aromatic carbocycles. The third-order valence-corrected chi connectivity index (χ3v) is 6.24. The van der Waals surface area contributed by atoms with Gasteiger partial charge in [0.05, 0.1) is 19.8 Å². The number of anilines is 1. The van der Waals surface area contributed by atoms with Gasteiger partial charge in [-0.1, -0.05) is 35.5 Å². The van der Waals surface area contributed by atoms with Crippen LogP contribution in [0.15, 0.2) is 53.2 Å². The number of hydrogen-bond acceptors (Lipinski definition) is 7. The van der Waals surface area contributed by atoms with Crippen LogP contribution in [0.3, 0.4) is 0 Å². The average Bonchev–Trinajstić information content (AvgIpc) is 3.30. The summed E-state index contributed by atoms with van der Waals surface area (Å²) in [5.41, 5.74) is 2.32. The minimum atomic E-state index is 0.606. The van der Waals surface area contributed by atoms with Gasteiger partial charge in [-0.3, -0.25) is 4.90 Å². The Morgan fingerprint density at radius 2 is 1.74 bits per heavy atom. The van der Waals surface area contributed by atoms with Crippen molar-refractivity contribution in [3.8, 4) is 11.4 Å². The smallest absolute Gasteiger partial charge is 0.241 e. The fraction of sp³-hybridized carbons (Fsp3) is 0.458. The first kappa shape index (κ1) is 20.2. The number of rotatable bonds is 6. The Morgan fingerprint density at radius 1 is 0.935 bits per heavy atom. The van der Waals surface area contributed by atoms with E-state index in [1.807, 2.05) is 18.3 Å². The standard InChI is InChI=1S/C24H29N5O2/c1-2-4-19(5-3-1)16-20-8-10-28(11-9-20)18-23-26-24(27-31-23)21-6-7-22(25-17-21)29-12-14-30-15-13-29/h1-7,17,20H,8-16,18H2. The van der Waals surface area contributed by atoms with Crippen LogP contribution in [0.1, 0.15) is 24.3 Å². The monoisotopic (exact) mass is 419 g/mol. The van der Waals surface area contributed by atoms with Gasteiger partial charge in [0.1, 0.15) is 5.82 Å². The maximum Gasteiger partial charge on any atom is 0.241 e. The van der Waals surface area contributed by atoms with Crippen LogP contribution in [0.5, 0.6) is 0 Å². The van der Waals surface area contributed by atoms with Crippen molar-refractivity contribution in [2.45, 2.75) is 25.8 Å². The van der Waals surface area contributed by atoms with Crippen molar-refractivity contribution in [3.05, 3.63) is 60.1 Å². The van der Waals surface area contributed by atoms with E-state index < -0.39 is 0 Å². The second-order valence-electron chi connectivity index (χ2n) is 8.43. The maximum absolute atomic E-state index is 5.53. The Morgan fingerprint density at radius 3 is 2.48 bits per heavy atom. The number of piperidine rings is 1. The van der Waals surface area contributed by atoms with Crippen molar-refractivity contribution < 1.29 is 9.26 Å². The Kier molecular flexibility index (Phi) is 6.22. The van der Waals surface area contributed by atoms with Crippen LogP contribution in [0, 0.1) is 5.92 Å². The molecule has 0 N–H and O–H groups in total. The second kappa shape index (κ2) is 9.58. The number of hydrogen-bond donors (Lipinski definition) is 0. The number of pyridine rings is 1. The van der Waals surface area contributed by atoms with Gasteiger partial charge in [0.15, 0.2) is 0 Å². The lowest BCUT2D eigenvalue weighted by molar-refractivity contribution is 0.122. The molecule has 0 amide bonds. The van der Waals surface area contributed by atoms with Crippen molar-refractivity contribution in [3.63, 3.8) is 0 Å². The van der Waals surface area contributed by atoms with Gasteiger partial charge in [-0.2, -0.15) is 4.98 Å². The van der Waals surface area contributed by atoms with Gasteiger partial charge in [-0.05, 0) is 56.0 Å². The molecule has 0 radical (unpaired) electrons. The van der Waals surface area contributed by atoms with E-state index >= 15 is 0 Å². The Hall–Kier alpha value is -2.77. The molecule has 3 aromatic rings. The van der Waals surface area contributed by atoms with Crippen molar-refractivity contribution >= 4 is 5.82 Å². The third-order valence-electron chi connectivity index (χ3n) is 6.24. The zero-order valence-corrected chi connectivity index (χ0v) is 17.8. The molecular formula is C24H29N5O2. The van der Waals surface area contributed by atoms with Gasteiger partial charge >= 0.3 is 0 Å². The molecule has 2 aromatic heterocycles. The maximum atomic E-state index is 5.53. The number of benzene rings is 1. The number of morpholine rings is 1. The first-order valence-electron chi connectivity index (χ1n) is 11.2. The van der Waals surface area contributed by atoms with Gasteiger partial charge in [-0.15, -0.1) is 0 Å². The van der Waals surface area contributed by atoms with Gasteiger partial charge in [0.2, 0.25) is 11.7 Å². The minimum absolute atomic E-state index is 0.606. The molecule has 2 aliphatic rings. The van der Waals surface area contributed by atoms with Crippen LogP contribution >= 0.6 is 0 Å². The van der Waals surface area contributed by atoms with Crippen LogP contribution in [-0.2, 0) is 17.7 Å². The number of nitrogens with zero attached hydrogens (tertiary/aromatic N) is 5. The quantitative estimate of drug-likeness (QED) is 0.606. The highest BCUT2D eigenvalue weighted by molar-refractivity contribution is 5.55. The molecule has 4 heterocycles. The topological polar surface area (TPSA) is 67.5 Å². The van der Waals surface area contributed by atoms with Gasteiger partial charge in [0, 0.05) is 24.8 Å². The van der Waals surface area contributed by atoms with E-state index in [1.165, 1.54) is 24.8 Å². The third kappa shape index (κ3) is 5.11. The fourth-order valence-corrected chi connectivity index (χ4v) is 4.42. The molecule has 162 valence electrons. The van der Waals surface area contributed by atoms with Gasteiger partial charge < -0.3 is 14.2 Å². The molecule has 0 atom stereocenters. The van der Waals surface area contributed by atoms with Crippen LogP contribution < -0.4 is 4.90 Å². The fourth-order valence-electron chi connectivity index (χ4n) is 4.42. The summed E-state index contributed by atoms with van der Waals surface area (Å²) in [5.74, 6) is 3.01. The Bertz CT molecular complexity index is 946. The summed E-state index contributed by atoms with van der Waals surface area (Å²) in [6.07, 6.45) is 5.42. The lowest BCUT2D eigenvalue weighted by Crippen LogP contribution is -2.36. The Balaban J connectivity index is 1.13. The first-order chi connectivity index (χ1) is 15.3. The molecule has 2 saturated heterocycles. The van der Waals surface area contributed by atoms with E-state index in [1.54, 1.807) is 0 Å². The zero-order valence-electron chi connectivity index (χ0n) is 17.8. The highest BCUT2D eigenvalue weighted by Crippen LogP contribution is 2.24. The molecular weight excluding hydrogens is 390 g/mol. The van der Waals surface area contributed by atoms with Gasteiger partial charge in [-0.25, -0.2) is 4.98 Å². The summed E-state index contributed by atoms with van der Waals surface area (Å²) < 4.78 is 10.9. The molecule has 2 fully saturated rings. The van der Waals surface area contributed by atoms with Crippen molar-refractivity contribution in [2.24, 2.45) is 5.92 Å². The summed E-state index contributed by atoms with van der Waals surface area (Å²) in [5, 5.41) is 4.18. The Labute approximate surface area is 183 Å². The number of aromatic nitrogens is 3. The molecule has 0 unspecified atom stereocenters. The highest BCUT2D eigenvalue weighted by Gasteiger charge is 2.21. The summed E-state index contributed by atoms with van der Waals surface area (Å²) in [4.78, 5) is 13.8. The van der Waals surface area contributed by atoms with Crippen LogP contribution in [-0.4, -0.2) is 59.4 Å². The lowest BCUT2D eigenvalue weighted by Gasteiger charge is -2.31. The summed E-state index contributed by atoms with van der Waals surface area (Å²) >= 11 is 0. The molecule has 7 heteroatoms. The van der Waals surface area contributed by atoms with Crippen molar-refractivity contribution in [1.29, 1.82) is 0 Å². The summed E-state index contributed by atoms with van der Waals surface area (Å²) in [7, 11) is 0. The van der Waals surface area contributed by atoms with Crippen LogP contribution in [0.25, 0.3) is 11.4 Å². The molecule has 0 spiro atoms. The summed E-state index contributed by atoms with van der Waals surface area (Å²) in [6.45, 7) is 6.12. The number of ether oxygens (including phenoxy) is 1. The van der Waals surface area contributed by atoms with E-state index in [4.69, 9.17) is 9.26 Å². The normalized spacial score (nSPS) is 18.4. The van der Waals surface area contributed by atoms with Gasteiger partial charge in [0.25, 0.3) is 0 Å². The largest absolute Gasteiger partial charge is 0.378 e. The van der Waals surface area contributed by atoms with E-state index in [-0.39, 0.29) is 0 Å². The lowest BCUT2D eigenvalue weighted by atomic mass is 9.90. The predicted octanol–water partition coefficient (Wildman–Crippen LogP) is 3.42. The molecule has 0 saturated carbocycles. The highest BCUT2D eigenvalue weighted by atomic mass is 16.5. The SMILES string of the molecule is c1ccc(CC2CCN(Cc3nc(-c4ccc(N5CCOCC5)nc4)no3)CC2)cc1. The molecule has 2 aliphatic heterocycles. The van der Waals surface area contributed by atoms with E-state index in [9.17, 15) is 0 Å². The van der Waals surface area contributed by atoms with Crippen LogP contribution in [0.2, 0.25) is 0 Å². The predicted molar refractivity (Wildman–Crippen MR) is 119 cm³/mol. The van der Waals surface area contributed by atoms with E-state index in [0.29, 0.717) is 18.3 Å². The van der Waals surface area contributed by atoms with Crippen molar-refractivity contribution in [2.75, 3.05) is 44.3 Å². The minimum Gasteiger partial charge on any atom is -0.378 e. The number of likely N-dealkylation sites (tertiary alicyclic amines) is 1. The van der Waals surface area contributed by atoms with E-state index in [0.717, 1.165) is 56.7 Å². The summed E-state index contributed by atoms with van der Waals surface area (Å²) in [6, 6.07) is 14.8. The molecule has 0 bridgehead atoms. The molecule has 0 aliphatic carbocycles. The van der Waals surface area contributed by atoms with Crippen molar-refractivity contribution in [1.82, 2.24) is 20.0 Å². The molecule has 31 heavy (non-hydrogen) atoms. The zero-order chi connectivity index (χ0) is 20.9. The average molecular weight is 420 g/mol. The first-order valence-corrected chi connectivity index (χ1v) is 11.2. The molecule has 7 nitrogen and oxygen atoms in total. The van der Waals surface area contributed by atoms with E-state index in [2.05, 4.69) is 55.3 Å².